The van der Waals surface area contributed by atoms with Crippen LogP contribution in [0.1, 0.15) is 35.6 Å². The van der Waals surface area contributed by atoms with E-state index in [9.17, 15) is 9.59 Å². The lowest BCUT2D eigenvalue weighted by Gasteiger charge is -2.35. The van der Waals surface area contributed by atoms with E-state index in [0.717, 1.165) is 35.6 Å². The molecule has 0 aromatic carbocycles. The molecule has 144 valence electrons. The fourth-order valence-corrected chi connectivity index (χ4v) is 4.14. The van der Waals surface area contributed by atoms with E-state index in [1.165, 1.54) is 0 Å². The highest BCUT2D eigenvalue weighted by molar-refractivity contribution is 5.83. The molecule has 2 atom stereocenters. The van der Waals surface area contributed by atoms with Gasteiger partial charge in [-0.15, -0.1) is 0 Å². The van der Waals surface area contributed by atoms with Crippen LogP contribution in [0.4, 0.5) is 0 Å². The number of aromatic nitrogens is 3. The van der Waals surface area contributed by atoms with E-state index in [4.69, 9.17) is 4.52 Å². The van der Waals surface area contributed by atoms with Gasteiger partial charge in [0.25, 0.3) is 0 Å². The van der Waals surface area contributed by atoms with Crippen molar-refractivity contribution >= 4 is 11.8 Å². The maximum absolute atomic E-state index is 13.0. The fourth-order valence-electron chi connectivity index (χ4n) is 4.14. The average Bonchev–Trinajstić information content (AvgIpc) is 3.04. The van der Waals surface area contributed by atoms with Crippen LogP contribution in [-0.2, 0) is 22.7 Å². The Morgan fingerprint density at radius 2 is 2.07 bits per heavy atom. The van der Waals surface area contributed by atoms with Gasteiger partial charge in [0.15, 0.2) is 0 Å². The predicted molar refractivity (Wildman–Crippen MR) is 96.6 cm³/mol. The third-order valence-corrected chi connectivity index (χ3v) is 5.87. The molecule has 0 radical (unpaired) electrons. The average molecular weight is 371 g/mol. The summed E-state index contributed by atoms with van der Waals surface area (Å²) in [6, 6.07) is 1.92. The van der Waals surface area contributed by atoms with Crippen molar-refractivity contribution < 1.29 is 14.1 Å². The molecule has 8 nitrogen and oxygen atoms in total. The van der Waals surface area contributed by atoms with Crippen LogP contribution in [0, 0.1) is 26.7 Å². The van der Waals surface area contributed by atoms with Crippen LogP contribution in [0.15, 0.2) is 16.8 Å². The van der Waals surface area contributed by atoms with Crippen LogP contribution in [0.3, 0.4) is 0 Å². The summed E-state index contributed by atoms with van der Waals surface area (Å²) in [5, 5.41) is 8.20. The number of hydrogen-bond donors (Lipinski definition) is 0. The standard InChI is InChI=1S/C19H25N5O3/c1-12-6-7-20-24(12)11-18(25)22-8-15-4-5-16(9-22)23(19(15)26)10-17-13(2)21-27-14(17)3/h6-7,15-16H,4-5,8-11H2,1-3H3/t15-,16+/m0/s1. The van der Waals surface area contributed by atoms with Crippen LogP contribution in [0.25, 0.3) is 0 Å². The highest BCUT2D eigenvalue weighted by Gasteiger charge is 2.42. The molecule has 2 aromatic rings. The van der Waals surface area contributed by atoms with Gasteiger partial charge >= 0.3 is 0 Å². The summed E-state index contributed by atoms with van der Waals surface area (Å²) in [5.74, 6) is 0.775. The smallest absolute Gasteiger partial charge is 0.244 e. The van der Waals surface area contributed by atoms with Crippen molar-refractivity contribution in [3.05, 3.63) is 35.0 Å². The van der Waals surface area contributed by atoms with E-state index in [1.54, 1.807) is 10.9 Å². The molecule has 0 spiro atoms. The Bertz CT molecular complexity index is 851. The highest BCUT2D eigenvalue weighted by Crippen LogP contribution is 2.31. The van der Waals surface area contributed by atoms with Crippen LogP contribution in [0.5, 0.6) is 0 Å². The van der Waals surface area contributed by atoms with Gasteiger partial charge in [0.1, 0.15) is 12.3 Å². The Kier molecular flexibility index (Phi) is 4.49. The molecular formula is C19H25N5O3. The third kappa shape index (κ3) is 3.24. The molecule has 0 saturated carbocycles. The third-order valence-electron chi connectivity index (χ3n) is 5.87. The predicted octanol–water partition coefficient (Wildman–Crippen LogP) is 1.45. The lowest BCUT2D eigenvalue weighted by Crippen LogP contribution is -2.47. The summed E-state index contributed by atoms with van der Waals surface area (Å²) in [6.45, 7) is 7.49. The van der Waals surface area contributed by atoms with E-state index in [-0.39, 0.29) is 30.3 Å². The number of amides is 2. The Labute approximate surface area is 158 Å². The molecule has 5 heterocycles. The molecule has 3 fully saturated rings. The van der Waals surface area contributed by atoms with Crippen molar-refractivity contribution in [2.75, 3.05) is 13.1 Å². The van der Waals surface area contributed by atoms with Gasteiger partial charge in [0.2, 0.25) is 11.8 Å². The molecule has 3 aliphatic heterocycles. The first-order valence-corrected chi connectivity index (χ1v) is 9.42. The fraction of sp³-hybridized carbons (Fsp3) is 0.579. The van der Waals surface area contributed by atoms with E-state index in [0.29, 0.717) is 19.6 Å². The van der Waals surface area contributed by atoms with Gasteiger partial charge in [0, 0.05) is 36.6 Å². The van der Waals surface area contributed by atoms with Gasteiger partial charge in [-0.3, -0.25) is 14.3 Å². The van der Waals surface area contributed by atoms with Crippen LogP contribution in [-0.4, -0.2) is 55.7 Å². The Hall–Kier alpha value is -2.64. The zero-order valence-corrected chi connectivity index (χ0v) is 16.0. The number of piperidine rings is 1. The SMILES string of the molecule is Cc1noc(C)c1CN1C(=O)[C@H]2CC[C@@H]1CN(C(=O)Cn1nccc1C)C2. The molecule has 2 aromatic heterocycles. The minimum absolute atomic E-state index is 0.0192. The van der Waals surface area contributed by atoms with Gasteiger partial charge in [0.05, 0.1) is 18.2 Å². The molecule has 0 aliphatic carbocycles. The number of carbonyl (C=O) groups excluding carboxylic acids is 2. The Balaban J connectivity index is 1.52. The van der Waals surface area contributed by atoms with E-state index >= 15 is 0 Å². The number of fused-ring (bicyclic) bond motifs is 4. The first-order chi connectivity index (χ1) is 12.9. The van der Waals surface area contributed by atoms with Crippen molar-refractivity contribution in [1.82, 2.24) is 24.7 Å². The van der Waals surface area contributed by atoms with Gasteiger partial charge in [-0.05, 0) is 39.7 Å². The summed E-state index contributed by atoms with van der Waals surface area (Å²) >= 11 is 0. The zero-order valence-electron chi connectivity index (χ0n) is 16.0. The Morgan fingerprint density at radius 3 is 2.74 bits per heavy atom. The van der Waals surface area contributed by atoms with Crippen molar-refractivity contribution in [3.8, 4) is 0 Å². The van der Waals surface area contributed by atoms with Crippen molar-refractivity contribution in [2.45, 2.75) is 52.7 Å². The van der Waals surface area contributed by atoms with Crippen molar-refractivity contribution in [1.29, 1.82) is 0 Å². The first-order valence-electron chi connectivity index (χ1n) is 9.42. The quantitative estimate of drug-likeness (QED) is 0.812. The molecular weight excluding hydrogens is 346 g/mol. The zero-order chi connectivity index (χ0) is 19.1. The van der Waals surface area contributed by atoms with Crippen LogP contribution >= 0.6 is 0 Å². The normalized spacial score (nSPS) is 22.4. The monoisotopic (exact) mass is 371 g/mol. The minimum atomic E-state index is -0.133. The lowest BCUT2D eigenvalue weighted by atomic mass is 9.93. The number of nitrogens with zero attached hydrogens (tertiary/aromatic N) is 5. The molecule has 5 rings (SSSR count). The van der Waals surface area contributed by atoms with E-state index < -0.39 is 0 Å². The molecule has 2 amide bonds. The maximum Gasteiger partial charge on any atom is 0.244 e. The van der Waals surface area contributed by atoms with Crippen molar-refractivity contribution in [2.24, 2.45) is 5.92 Å². The second-order valence-electron chi connectivity index (χ2n) is 7.63. The van der Waals surface area contributed by atoms with Crippen LogP contribution in [0.2, 0.25) is 0 Å². The highest BCUT2D eigenvalue weighted by atomic mass is 16.5. The molecule has 3 saturated heterocycles. The van der Waals surface area contributed by atoms with Gasteiger partial charge in [-0.2, -0.15) is 5.10 Å². The van der Waals surface area contributed by atoms with Crippen molar-refractivity contribution in [3.63, 3.8) is 0 Å². The topological polar surface area (TPSA) is 84.5 Å². The van der Waals surface area contributed by atoms with E-state index in [2.05, 4.69) is 10.3 Å². The minimum Gasteiger partial charge on any atom is -0.361 e. The van der Waals surface area contributed by atoms with Gasteiger partial charge in [-0.1, -0.05) is 5.16 Å². The summed E-state index contributed by atoms with van der Waals surface area (Å²) in [6.07, 6.45) is 3.46. The molecule has 0 unspecified atom stereocenters. The molecule has 27 heavy (non-hydrogen) atoms. The molecule has 3 aliphatic rings. The summed E-state index contributed by atoms with van der Waals surface area (Å²) in [7, 11) is 0. The van der Waals surface area contributed by atoms with Gasteiger partial charge < -0.3 is 14.3 Å². The van der Waals surface area contributed by atoms with E-state index in [1.807, 2.05) is 36.6 Å². The largest absolute Gasteiger partial charge is 0.361 e. The number of aryl methyl sites for hydroxylation is 3. The summed E-state index contributed by atoms with van der Waals surface area (Å²) < 4.78 is 6.96. The first kappa shape index (κ1) is 17.8. The molecule has 0 N–H and O–H groups in total. The van der Waals surface area contributed by atoms with Crippen LogP contribution < -0.4 is 0 Å². The molecule has 2 bridgehead atoms. The second-order valence-corrected chi connectivity index (χ2v) is 7.63. The number of rotatable bonds is 4. The number of carbonyl (C=O) groups is 2. The Morgan fingerprint density at radius 1 is 1.26 bits per heavy atom. The summed E-state index contributed by atoms with van der Waals surface area (Å²) in [5.41, 5.74) is 2.75. The molecule has 8 heteroatoms. The number of hydrogen-bond acceptors (Lipinski definition) is 5. The lowest BCUT2D eigenvalue weighted by molar-refractivity contribution is -0.140. The van der Waals surface area contributed by atoms with Gasteiger partial charge in [-0.25, -0.2) is 0 Å². The second kappa shape index (κ2) is 6.83. The maximum atomic E-state index is 13.0. The summed E-state index contributed by atoms with van der Waals surface area (Å²) in [4.78, 5) is 29.6.